The highest BCUT2D eigenvalue weighted by Gasteiger charge is 2.20. The molecule has 6 nitrogen and oxygen atoms in total. The third-order valence-electron chi connectivity index (χ3n) is 6.09. The number of rotatable bonds is 3. The maximum Gasteiger partial charge on any atom is 0.231 e. The molecule has 0 radical (unpaired) electrons. The second-order valence-corrected chi connectivity index (χ2v) is 7.96. The molecule has 0 aromatic heterocycles. The van der Waals surface area contributed by atoms with Crippen LogP contribution in [0.4, 0.5) is 0 Å². The molecule has 0 N–H and O–H groups in total. The summed E-state index contributed by atoms with van der Waals surface area (Å²) < 4.78 is 33.3. The van der Waals surface area contributed by atoms with Crippen molar-refractivity contribution in [2.24, 2.45) is 0 Å². The van der Waals surface area contributed by atoms with E-state index in [2.05, 4.69) is 30.3 Å². The quantitative estimate of drug-likeness (QED) is 0.399. The predicted octanol–water partition coefficient (Wildman–Crippen LogP) is 5.87. The van der Waals surface area contributed by atoms with Crippen LogP contribution >= 0.6 is 0 Å². The van der Waals surface area contributed by atoms with E-state index in [1.165, 1.54) is 0 Å². The molecule has 3 heterocycles. The Bertz CT molecular complexity index is 1410. The van der Waals surface area contributed by atoms with Gasteiger partial charge in [-0.1, -0.05) is 30.3 Å². The van der Waals surface area contributed by atoms with Gasteiger partial charge in [0, 0.05) is 0 Å². The monoisotopic (exact) mass is 438 g/mol. The molecule has 0 fully saturated rings. The lowest BCUT2D eigenvalue weighted by Crippen LogP contribution is -1.93. The van der Waals surface area contributed by atoms with Gasteiger partial charge in [0.15, 0.2) is 34.5 Å². The Morgan fingerprint density at radius 2 is 0.727 bits per heavy atom. The van der Waals surface area contributed by atoms with E-state index >= 15 is 0 Å². The van der Waals surface area contributed by atoms with Gasteiger partial charge in [0.25, 0.3) is 0 Å². The molecule has 3 aliphatic heterocycles. The van der Waals surface area contributed by atoms with Gasteiger partial charge in [-0.15, -0.1) is 0 Å². The molecular formula is C27H18O6. The van der Waals surface area contributed by atoms with Gasteiger partial charge in [-0.3, -0.25) is 0 Å². The molecule has 33 heavy (non-hydrogen) atoms. The molecule has 0 atom stereocenters. The first-order chi connectivity index (χ1) is 16.3. The Morgan fingerprint density at radius 3 is 1.30 bits per heavy atom. The van der Waals surface area contributed by atoms with Crippen molar-refractivity contribution in [3.63, 3.8) is 0 Å². The summed E-state index contributed by atoms with van der Waals surface area (Å²) in [4.78, 5) is 0. The number of hydrogen-bond acceptors (Lipinski definition) is 6. The van der Waals surface area contributed by atoms with Gasteiger partial charge in [0.2, 0.25) is 20.4 Å². The Morgan fingerprint density at radius 1 is 0.333 bits per heavy atom. The van der Waals surface area contributed by atoms with E-state index in [4.69, 9.17) is 28.4 Å². The molecule has 4 aromatic carbocycles. The van der Waals surface area contributed by atoms with Crippen molar-refractivity contribution in [1.82, 2.24) is 0 Å². The lowest BCUT2D eigenvalue weighted by Gasteiger charge is -2.14. The van der Waals surface area contributed by atoms with Gasteiger partial charge in [0.05, 0.1) is 0 Å². The Kier molecular flexibility index (Phi) is 3.93. The van der Waals surface area contributed by atoms with E-state index in [1.807, 2.05) is 42.5 Å². The van der Waals surface area contributed by atoms with E-state index in [0.717, 1.165) is 67.9 Å². The average molecular weight is 438 g/mol. The lowest BCUT2D eigenvalue weighted by atomic mass is 9.90. The van der Waals surface area contributed by atoms with Crippen molar-refractivity contribution in [2.45, 2.75) is 0 Å². The maximum absolute atomic E-state index is 5.64. The molecule has 0 spiro atoms. The fourth-order valence-corrected chi connectivity index (χ4v) is 4.42. The van der Waals surface area contributed by atoms with E-state index in [9.17, 15) is 0 Å². The zero-order valence-electron chi connectivity index (χ0n) is 17.5. The van der Waals surface area contributed by atoms with Crippen LogP contribution < -0.4 is 28.4 Å². The molecule has 162 valence electrons. The molecule has 0 unspecified atom stereocenters. The van der Waals surface area contributed by atoms with Crippen LogP contribution in [0.25, 0.3) is 33.4 Å². The zero-order valence-corrected chi connectivity index (χ0v) is 17.5. The first-order valence-electron chi connectivity index (χ1n) is 10.7. The number of ether oxygens (including phenoxy) is 6. The van der Waals surface area contributed by atoms with E-state index in [0.29, 0.717) is 0 Å². The van der Waals surface area contributed by atoms with Gasteiger partial charge in [-0.2, -0.15) is 0 Å². The molecule has 0 saturated carbocycles. The van der Waals surface area contributed by atoms with E-state index in [-0.39, 0.29) is 20.4 Å². The van der Waals surface area contributed by atoms with E-state index in [1.54, 1.807) is 0 Å². The Hall–Kier alpha value is -4.32. The molecule has 4 aromatic rings. The smallest absolute Gasteiger partial charge is 0.231 e. The molecule has 0 amide bonds. The molecule has 0 bridgehead atoms. The topological polar surface area (TPSA) is 55.4 Å². The van der Waals surface area contributed by atoms with Crippen molar-refractivity contribution >= 4 is 0 Å². The minimum absolute atomic E-state index is 0.241. The fourth-order valence-electron chi connectivity index (χ4n) is 4.42. The molecule has 3 aliphatic rings. The van der Waals surface area contributed by atoms with Crippen molar-refractivity contribution in [2.75, 3.05) is 20.4 Å². The number of hydrogen-bond donors (Lipinski definition) is 0. The Labute approximate surface area is 189 Å². The number of benzene rings is 4. The summed E-state index contributed by atoms with van der Waals surface area (Å²) in [6, 6.07) is 24.5. The predicted molar refractivity (Wildman–Crippen MR) is 121 cm³/mol. The highest BCUT2D eigenvalue weighted by atomic mass is 16.7. The molecular weight excluding hydrogens is 420 g/mol. The summed E-state index contributed by atoms with van der Waals surface area (Å²) in [6.07, 6.45) is 0. The summed E-state index contributed by atoms with van der Waals surface area (Å²) >= 11 is 0. The summed E-state index contributed by atoms with van der Waals surface area (Å²) in [5.41, 5.74) is 6.36. The summed E-state index contributed by atoms with van der Waals surface area (Å²) in [5.74, 6) is 4.56. The molecule has 0 saturated heterocycles. The largest absolute Gasteiger partial charge is 0.454 e. The summed E-state index contributed by atoms with van der Waals surface area (Å²) in [7, 11) is 0. The van der Waals surface area contributed by atoms with Crippen molar-refractivity contribution in [3.8, 4) is 67.9 Å². The first kappa shape index (κ1) is 18.3. The van der Waals surface area contributed by atoms with Crippen LogP contribution in [0.5, 0.6) is 34.5 Å². The second kappa shape index (κ2) is 7.10. The van der Waals surface area contributed by atoms with Crippen molar-refractivity contribution in [3.05, 3.63) is 72.8 Å². The van der Waals surface area contributed by atoms with Crippen LogP contribution in [0.15, 0.2) is 72.8 Å². The second-order valence-electron chi connectivity index (χ2n) is 7.96. The van der Waals surface area contributed by atoms with Crippen LogP contribution in [0.2, 0.25) is 0 Å². The molecule has 7 rings (SSSR count). The summed E-state index contributed by atoms with van der Waals surface area (Å²) in [6.45, 7) is 0.742. The van der Waals surface area contributed by atoms with Crippen LogP contribution in [0, 0.1) is 0 Å². The van der Waals surface area contributed by atoms with Gasteiger partial charge < -0.3 is 28.4 Å². The number of fused-ring (bicyclic) bond motifs is 3. The minimum Gasteiger partial charge on any atom is -0.454 e. The SMILES string of the molecule is c1cc2c(cc1-c1ccc(-c3ccc4c(c3)OCO4)c(-c3ccc4c(c3)OCO4)c1)OCO2. The zero-order chi connectivity index (χ0) is 21.8. The van der Waals surface area contributed by atoms with Crippen LogP contribution in [0.3, 0.4) is 0 Å². The average Bonchev–Trinajstić information content (AvgIpc) is 3.62. The van der Waals surface area contributed by atoms with Crippen molar-refractivity contribution < 1.29 is 28.4 Å². The lowest BCUT2D eigenvalue weighted by molar-refractivity contribution is 0.173. The molecule has 0 aliphatic carbocycles. The van der Waals surface area contributed by atoms with E-state index < -0.39 is 0 Å². The molecule has 6 heteroatoms. The van der Waals surface area contributed by atoms with Crippen LogP contribution in [-0.4, -0.2) is 20.4 Å². The Balaban J connectivity index is 1.39. The van der Waals surface area contributed by atoms with Crippen LogP contribution in [0.1, 0.15) is 0 Å². The third kappa shape index (κ3) is 3.03. The van der Waals surface area contributed by atoms with Crippen molar-refractivity contribution in [1.29, 1.82) is 0 Å². The summed E-state index contributed by atoms with van der Waals surface area (Å²) in [5, 5.41) is 0. The van der Waals surface area contributed by atoms with Gasteiger partial charge in [-0.25, -0.2) is 0 Å². The van der Waals surface area contributed by atoms with Gasteiger partial charge in [0.1, 0.15) is 0 Å². The minimum atomic E-state index is 0.241. The maximum atomic E-state index is 5.64. The van der Waals surface area contributed by atoms with Gasteiger partial charge in [-0.05, 0) is 75.8 Å². The standard InChI is InChI=1S/C27H18O6/c1-5-20(18-3-7-23-26(11-18)32-14-29-23)21(19-4-8-24-27(12-19)33-15-30-24)9-16(1)17-2-6-22-25(10-17)31-13-28-22/h1-12H,13-15H2. The highest BCUT2D eigenvalue weighted by molar-refractivity contribution is 5.88. The van der Waals surface area contributed by atoms with Crippen LogP contribution in [-0.2, 0) is 0 Å². The fraction of sp³-hybridized carbons (Fsp3) is 0.111. The first-order valence-corrected chi connectivity index (χ1v) is 10.7. The highest BCUT2D eigenvalue weighted by Crippen LogP contribution is 2.44. The normalized spacial score (nSPS) is 14.5. The third-order valence-corrected chi connectivity index (χ3v) is 6.09. The van der Waals surface area contributed by atoms with Gasteiger partial charge >= 0.3 is 0 Å².